The Kier molecular flexibility index (Phi) is 5.58. The molecule has 1 rings (SSSR count). The molecule has 4 nitrogen and oxygen atoms in total. The van der Waals surface area contributed by atoms with E-state index >= 15 is 0 Å². The Hall–Kier alpha value is -1.62. The topological polar surface area (TPSA) is 64.4 Å². The largest absolute Gasteiger partial charge is 0.494 e. The molecular formula is C13H19FN2O2. The van der Waals surface area contributed by atoms with Crippen molar-refractivity contribution in [1.29, 1.82) is 0 Å². The summed E-state index contributed by atoms with van der Waals surface area (Å²) in [5.41, 5.74) is 6.33. The van der Waals surface area contributed by atoms with Crippen molar-refractivity contribution in [2.75, 3.05) is 7.11 Å². The quantitative estimate of drug-likeness (QED) is 0.810. The van der Waals surface area contributed by atoms with Gasteiger partial charge in [0.2, 0.25) is 5.91 Å². The number of methoxy groups -OCH3 is 1. The number of rotatable bonds is 6. The van der Waals surface area contributed by atoms with E-state index in [0.29, 0.717) is 12.0 Å². The Balaban J connectivity index is 2.53. The molecule has 0 aliphatic heterocycles. The van der Waals surface area contributed by atoms with Crippen molar-refractivity contribution < 1.29 is 13.9 Å². The summed E-state index contributed by atoms with van der Waals surface area (Å²) in [6, 6.07) is 4.07. The third-order valence-corrected chi connectivity index (χ3v) is 2.62. The van der Waals surface area contributed by atoms with Gasteiger partial charge in [0.05, 0.1) is 13.2 Å². The van der Waals surface area contributed by atoms with E-state index in [1.54, 1.807) is 6.07 Å². The van der Waals surface area contributed by atoms with E-state index in [1.165, 1.54) is 19.2 Å². The Morgan fingerprint density at radius 2 is 2.28 bits per heavy atom. The summed E-state index contributed by atoms with van der Waals surface area (Å²) in [5, 5.41) is 2.68. The van der Waals surface area contributed by atoms with Crippen molar-refractivity contribution in [3.63, 3.8) is 0 Å². The standard InChI is InChI=1S/C13H19FN2O2/c1-3-4-11(15)13(17)16-8-9-5-6-12(18-2)10(14)7-9/h5-7,11H,3-4,8,15H2,1-2H3,(H,16,17). The maximum atomic E-state index is 13.4. The lowest BCUT2D eigenvalue weighted by atomic mass is 10.1. The van der Waals surface area contributed by atoms with E-state index in [-0.39, 0.29) is 18.2 Å². The van der Waals surface area contributed by atoms with Crippen LogP contribution < -0.4 is 15.8 Å². The first-order valence-electron chi connectivity index (χ1n) is 5.94. The second-order valence-corrected chi connectivity index (χ2v) is 4.08. The molecule has 0 saturated carbocycles. The first-order valence-corrected chi connectivity index (χ1v) is 5.94. The van der Waals surface area contributed by atoms with Gasteiger partial charge in [-0.15, -0.1) is 0 Å². The summed E-state index contributed by atoms with van der Waals surface area (Å²) in [4.78, 5) is 11.6. The molecule has 0 aromatic heterocycles. The number of carbonyl (C=O) groups is 1. The molecule has 100 valence electrons. The van der Waals surface area contributed by atoms with Gasteiger partial charge >= 0.3 is 0 Å². The molecule has 0 radical (unpaired) electrons. The van der Waals surface area contributed by atoms with Gasteiger partial charge in [-0.2, -0.15) is 0 Å². The summed E-state index contributed by atoms with van der Waals surface area (Å²) in [6.07, 6.45) is 1.49. The highest BCUT2D eigenvalue weighted by Crippen LogP contribution is 2.17. The first kappa shape index (κ1) is 14.4. The fourth-order valence-electron chi connectivity index (χ4n) is 1.58. The molecule has 0 aliphatic rings. The average molecular weight is 254 g/mol. The Morgan fingerprint density at radius 3 is 2.83 bits per heavy atom. The predicted octanol–water partition coefficient (Wildman–Crippen LogP) is 1.58. The van der Waals surface area contributed by atoms with Crippen molar-refractivity contribution in [3.05, 3.63) is 29.6 Å². The Labute approximate surface area is 106 Å². The zero-order valence-corrected chi connectivity index (χ0v) is 10.7. The molecular weight excluding hydrogens is 235 g/mol. The lowest BCUT2D eigenvalue weighted by Gasteiger charge is -2.11. The molecule has 1 aromatic carbocycles. The highest BCUT2D eigenvalue weighted by atomic mass is 19.1. The van der Waals surface area contributed by atoms with Gasteiger partial charge in [0.1, 0.15) is 0 Å². The monoisotopic (exact) mass is 254 g/mol. The minimum Gasteiger partial charge on any atom is -0.494 e. The van der Waals surface area contributed by atoms with E-state index in [1.807, 2.05) is 6.92 Å². The normalized spacial score (nSPS) is 12.0. The summed E-state index contributed by atoms with van der Waals surface area (Å²) < 4.78 is 18.2. The number of hydrogen-bond acceptors (Lipinski definition) is 3. The number of ether oxygens (including phenoxy) is 1. The van der Waals surface area contributed by atoms with Gasteiger partial charge in [-0.25, -0.2) is 4.39 Å². The van der Waals surface area contributed by atoms with Crippen molar-refractivity contribution in [2.24, 2.45) is 5.73 Å². The highest BCUT2D eigenvalue weighted by molar-refractivity contribution is 5.81. The molecule has 0 aliphatic carbocycles. The minimum atomic E-state index is -0.502. The highest BCUT2D eigenvalue weighted by Gasteiger charge is 2.12. The summed E-state index contributed by atoms with van der Waals surface area (Å²) >= 11 is 0. The van der Waals surface area contributed by atoms with E-state index in [2.05, 4.69) is 5.32 Å². The third-order valence-electron chi connectivity index (χ3n) is 2.62. The van der Waals surface area contributed by atoms with Crippen LogP contribution in [-0.4, -0.2) is 19.1 Å². The van der Waals surface area contributed by atoms with E-state index in [9.17, 15) is 9.18 Å². The van der Waals surface area contributed by atoms with Gasteiger partial charge in [0.15, 0.2) is 11.6 Å². The summed E-state index contributed by atoms with van der Waals surface area (Å²) in [5.74, 6) is -0.469. The van der Waals surface area contributed by atoms with E-state index in [0.717, 1.165) is 6.42 Å². The zero-order chi connectivity index (χ0) is 13.5. The van der Waals surface area contributed by atoms with Crippen LogP contribution in [0.3, 0.4) is 0 Å². The molecule has 0 fully saturated rings. The molecule has 0 bridgehead atoms. The maximum Gasteiger partial charge on any atom is 0.237 e. The Morgan fingerprint density at radius 1 is 1.56 bits per heavy atom. The number of nitrogens with one attached hydrogen (secondary N) is 1. The van der Waals surface area contributed by atoms with Crippen LogP contribution >= 0.6 is 0 Å². The van der Waals surface area contributed by atoms with Crippen molar-refractivity contribution in [1.82, 2.24) is 5.32 Å². The second-order valence-electron chi connectivity index (χ2n) is 4.08. The first-order chi connectivity index (χ1) is 8.58. The van der Waals surface area contributed by atoms with E-state index in [4.69, 9.17) is 10.5 Å². The maximum absolute atomic E-state index is 13.4. The number of amides is 1. The van der Waals surface area contributed by atoms with Crippen LogP contribution in [0.25, 0.3) is 0 Å². The zero-order valence-electron chi connectivity index (χ0n) is 10.7. The van der Waals surface area contributed by atoms with Crippen LogP contribution in [0.2, 0.25) is 0 Å². The average Bonchev–Trinajstić information content (AvgIpc) is 2.36. The second kappa shape index (κ2) is 6.96. The molecule has 0 heterocycles. The molecule has 1 atom stereocenters. The lowest BCUT2D eigenvalue weighted by molar-refractivity contribution is -0.122. The van der Waals surface area contributed by atoms with Crippen LogP contribution in [0.4, 0.5) is 4.39 Å². The van der Waals surface area contributed by atoms with Crippen molar-refractivity contribution in [3.8, 4) is 5.75 Å². The number of benzene rings is 1. The van der Waals surface area contributed by atoms with Gasteiger partial charge < -0.3 is 15.8 Å². The molecule has 3 N–H and O–H groups in total. The summed E-state index contributed by atoms with van der Waals surface area (Å²) in [6.45, 7) is 2.23. The van der Waals surface area contributed by atoms with Gasteiger partial charge in [-0.1, -0.05) is 19.4 Å². The number of carbonyl (C=O) groups excluding carboxylic acids is 1. The molecule has 1 unspecified atom stereocenters. The fourth-order valence-corrected chi connectivity index (χ4v) is 1.58. The smallest absolute Gasteiger partial charge is 0.237 e. The third kappa shape index (κ3) is 4.00. The molecule has 0 spiro atoms. The predicted molar refractivity (Wildman–Crippen MR) is 67.7 cm³/mol. The Bertz CT molecular complexity index is 410. The van der Waals surface area contributed by atoms with Crippen LogP contribution in [-0.2, 0) is 11.3 Å². The molecule has 1 aromatic rings. The SMILES string of the molecule is CCCC(N)C(=O)NCc1ccc(OC)c(F)c1. The van der Waals surface area contributed by atoms with Crippen LogP contribution in [0.15, 0.2) is 18.2 Å². The van der Waals surface area contributed by atoms with Gasteiger partial charge in [0, 0.05) is 6.54 Å². The minimum absolute atomic E-state index is 0.188. The molecule has 0 saturated heterocycles. The number of hydrogen-bond donors (Lipinski definition) is 2. The van der Waals surface area contributed by atoms with Crippen LogP contribution in [0, 0.1) is 5.82 Å². The number of halogens is 1. The van der Waals surface area contributed by atoms with Crippen molar-refractivity contribution in [2.45, 2.75) is 32.4 Å². The van der Waals surface area contributed by atoms with Gasteiger partial charge in [-0.3, -0.25) is 4.79 Å². The molecule has 5 heteroatoms. The van der Waals surface area contributed by atoms with Crippen LogP contribution in [0.1, 0.15) is 25.3 Å². The fraction of sp³-hybridized carbons (Fsp3) is 0.462. The molecule has 1 amide bonds. The van der Waals surface area contributed by atoms with Crippen LogP contribution in [0.5, 0.6) is 5.75 Å². The summed E-state index contributed by atoms with van der Waals surface area (Å²) in [7, 11) is 1.41. The van der Waals surface area contributed by atoms with Gasteiger partial charge in [0.25, 0.3) is 0 Å². The van der Waals surface area contributed by atoms with Crippen molar-refractivity contribution >= 4 is 5.91 Å². The van der Waals surface area contributed by atoms with E-state index < -0.39 is 11.9 Å². The van der Waals surface area contributed by atoms with Gasteiger partial charge in [-0.05, 0) is 24.1 Å². The lowest BCUT2D eigenvalue weighted by Crippen LogP contribution is -2.40. The molecule has 18 heavy (non-hydrogen) atoms. The number of nitrogens with two attached hydrogens (primary N) is 1.